The van der Waals surface area contributed by atoms with Crippen molar-refractivity contribution >= 4 is 0 Å². The topological polar surface area (TPSA) is 0 Å². The first-order chi connectivity index (χ1) is 7.10. The molecule has 1 saturated carbocycles. The highest BCUT2D eigenvalue weighted by molar-refractivity contribution is 5.14. The van der Waals surface area contributed by atoms with Crippen molar-refractivity contribution in [2.24, 2.45) is 23.2 Å². The third-order valence-corrected chi connectivity index (χ3v) is 5.36. The van der Waals surface area contributed by atoms with E-state index in [4.69, 9.17) is 0 Å². The largest absolute Gasteiger partial charge is 0.0853 e. The summed E-state index contributed by atoms with van der Waals surface area (Å²) in [5.74, 6) is 2.94. The van der Waals surface area contributed by atoms with E-state index in [-0.39, 0.29) is 0 Å². The van der Waals surface area contributed by atoms with Gasteiger partial charge in [0, 0.05) is 0 Å². The van der Waals surface area contributed by atoms with Crippen LogP contribution in [0.15, 0.2) is 11.6 Å². The Kier molecular flexibility index (Phi) is 2.96. The van der Waals surface area contributed by atoms with E-state index in [0.29, 0.717) is 5.41 Å². The molecule has 15 heavy (non-hydrogen) atoms. The van der Waals surface area contributed by atoms with Crippen LogP contribution < -0.4 is 0 Å². The smallest absolute Gasteiger partial charge is 0.0240 e. The van der Waals surface area contributed by atoms with Crippen LogP contribution in [-0.2, 0) is 0 Å². The average Bonchev–Trinajstić information content (AvgIpc) is 2.71. The molecule has 0 nitrogen and oxygen atoms in total. The van der Waals surface area contributed by atoms with Gasteiger partial charge in [0.1, 0.15) is 0 Å². The fourth-order valence-corrected chi connectivity index (χ4v) is 3.83. The zero-order valence-corrected chi connectivity index (χ0v) is 10.8. The Bertz CT molecular complexity index is 261. The molecule has 0 spiro atoms. The molecule has 0 aromatic carbocycles. The van der Waals surface area contributed by atoms with Crippen LogP contribution in [-0.4, -0.2) is 0 Å². The molecule has 0 saturated heterocycles. The molecule has 0 aromatic heterocycles. The molecule has 0 bridgehead atoms. The first-order valence-corrected chi connectivity index (χ1v) is 6.78. The minimum Gasteiger partial charge on any atom is -0.0853 e. The molecular weight excluding hydrogens is 180 g/mol. The number of rotatable bonds is 2. The fraction of sp³-hybridized carbons (Fsp3) is 0.867. The Labute approximate surface area is 95.1 Å². The van der Waals surface area contributed by atoms with Gasteiger partial charge in [0.25, 0.3) is 0 Å². The quantitative estimate of drug-likeness (QED) is 0.569. The van der Waals surface area contributed by atoms with Gasteiger partial charge in [-0.1, -0.05) is 39.3 Å². The van der Waals surface area contributed by atoms with Crippen LogP contribution >= 0.6 is 0 Å². The molecule has 86 valence electrons. The van der Waals surface area contributed by atoms with Crippen molar-refractivity contribution in [1.82, 2.24) is 0 Å². The lowest BCUT2D eigenvalue weighted by atomic mass is 9.89. The predicted molar refractivity (Wildman–Crippen MR) is 66.8 cm³/mol. The van der Waals surface area contributed by atoms with E-state index in [1.165, 1.54) is 32.1 Å². The Morgan fingerprint density at radius 3 is 2.60 bits per heavy atom. The average molecular weight is 206 g/mol. The number of fused-ring (bicyclic) bond motifs is 1. The van der Waals surface area contributed by atoms with Gasteiger partial charge in [-0.3, -0.25) is 0 Å². The molecule has 3 unspecified atom stereocenters. The molecule has 0 aromatic rings. The monoisotopic (exact) mass is 206 g/mol. The van der Waals surface area contributed by atoms with Crippen molar-refractivity contribution in [3.63, 3.8) is 0 Å². The van der Waals surface area contributed by atoms with E-state index in [2.05, 4.69) is 33.8 Å². The molecule has 0 heteroatoms. The van der Waals surface area contributed by atoms with Crippen LogP contribution in [0.2, 0.25) is 0 Å². The zero-order chi connectivity index (χ0) is 11.1. The second-order valence-corrected chi connectivity index (χ2v) is 6.07. The van der Waals surface area contributed by atoms with E-state index in [9.17, 15) is 0 Å². The number of allylic oxidation sites excluding steroid dienone is 2. The van der Waals surface area contributed by atoms with Crippen molar-refractivity contribution in [3.05, 3.63) is 11.6 Å². The van der Waals surface area contributed by atoms with Crippen LogP contribution in [0.1, 0.15) is 59.8 Å². The molecule has 0 N–H and O–H groups in total. The molecule has 0 heterocycles. The lowest BCUT2D eigenvalue weighted by Crippen LogP contribution is -2.09. The summed E-state index contributed by atoms with van der Waals surface area (Å²) in [7, 11) is 0. The molecule has 2 rings (SSSR count). The molecular formula is C15H26. The molecule has 0 amide bonds. The van der Waals surface area contributed by atoms with Gasteiger partial charge in [-0.25, -0.2) is 0 Å². The van der Waals surface area contributed by atoms with Crippen molar-refractivity contribution in [2.75, 3.05) is 0 Å². The van der Waals surface area contributed by atoms with Gasteiger partial charge in [0.15, 0.2) is 0 Å². The highest BCUT2D eigenvalue weighted by atomic mass is 14.6. The van der Waals surface area contributed by atoms with Crippen LogP contribution in [0.25, 0.3) is 0 Å². The van der Waals surface area contributed by atoms with E-state index >= 15 is 0 Å². The van der Waals surface area contributed by atoms with E-state index in [1.807, 2.05) is 0 Å². The first kappa shape index (κ1) is 11.2. The van der Waals surface area contributed by atoms with E-state index in [1.54, 1.807) is 5.57 Å². The Morgan fingerprint density at radius 2 is 2.00 bits per heavy atom. The van der Waals surface area contributed by atoms with Gasteiger partial charge >= 0.3 is 0 Å². The van der Waals surface area contributed by atoms with Crippen LogP contribution in [0.5, 0.6) is 0 Å². The van der Waals surface area contributed by atoms with E-state index in [0.717, 1.165) is 17.8 Å². The lowest BCUT2D eigenvalue weighted by molar-refractivity contribution is 0.329. The SMILES string of the molecule is CCC1=CCCC2C(CC1)C2(C)C(C)C. The first-order valence-electron chi connectivity index (χ1n) is 6.78. The van der Waals surface area contributed by atoms with Crippen molar-refractivity contribution in [3.8, 4) is 0 Å². The summed E-state index contributed by atoms with van der Waals surface area (Å²) in [6.07, 6.45) is 9.42. The van der Waals surface area contributed by atoms with Gasteiger partial charge < -0.3 is 0 Å². The molecule has 1 fully saturated rings. The summed E-state index contributed by atoms with van der Waals surface area (Å²) in [6.45, 7) is 9.67. The maximum atomic E-state index is 2.53. The molecule has 0 radical (unpaired) electrons. The minimum atomic E-state index is 0.678. The predicted octanol–water partition coefficient (Wildman–Crippen LogP) is 4.81. The summed E-state index contributed by atoms with van der Waals surface area (Å²) in [4.78, 5) is 0. The lowest BCUT2D eigenvalue weighted by Gasteiger charge is -2.16. The van der Waals surface area contributed by atoms with Gasteiger partial charge in [0.05, 0.1) is 0 Å². The maximum absolute atomic E-state index is 2.53. The minimum absolute atomic E-state index is 0.678. The number of hydrogen-bond acceptors (Lipinski definition) is 0. The third kappa shape index (κ3) is 1.77. The van der Waals surface area contributed by atoms with Crippen molar-refractivity contribution in [1.29, 1.82) is 0 Å². The Balaban J connectivity index is 2.03. The normalized spacial score (nSPS) is 40.5. The fourth-order valence-electron chi connectivity index (χ4n) is 3.83. The summed E-state index contributed by atoms with van der Waals surface area (Å²) in [6, 6.07) is 0. The maximum Gasteiger partial charge on any atom is -0.0240 e. The standard InChI is InChI=1S/C15H26/c1-5-12-7-6-8-13-14(10-9-12)15(13,4)11(2)3/h7,11,13-14H,5-6,8-10H2,1-4H3. The van der Waals surface area contributed by atoms with Crippen molar-refractivity contribution < 1.29 is 0 Å². The molecule has 3 atom stereocenters. The van der Waals surface area contributed by atoms with Crippen LogP contribution in [0.3, 0.4) is 0 Å². The Hall–Kier alpha value is -0.260. The third-order valence-electron chi connectivity index (χ3n) is 5.36. The number of hydrogen-bond donors (Lipinski definition) is 0. The molecule has 2 aliphatic carbocycles. The summed E-state index contributed by atoms with van der Waals surface area (Å²) < 4.78 is 0. The summed E-state index contributed by atoms with van der Waals surface area (Å²) in [5, 5.41) is 0. The highest BCUT2D eigenvalue weighted by Crippen LogP contribution is 2.67. The summed E-state index contributed by atoms with van der Waals surface area (Å²) >= 11 is 0. The van der Waals surface area contributed by atoms with Gasteiger partial charge in [-0.15, -0.1) is 0 Å². The molecule has 0 aliphatic heterocycles. The zero-order valence-electron chi connectivity index (χ0n) is 10.8. The van der Waals surface area contributed by atoms with Crippen LogP contribution in [0, 0.1) is 23.2 Å². The second kappa shape index (κ2) is 3.96. The van der Waals surface area contributed by atoms with E-state index < -0.39 is 0 Å². The van der Waals surface area contributed by atoms with Crippen molar-refractivity contribution in [2.45, 2.75) is 59.8 Å². The second-order valence-electron chi connectivity index (χ2n) is 6.07. The van der Waals surface area contributed by atoms with Crippen LogP contribution in [0.4, 0.5) is 0 Å². The Morgan fingerprint density at radius 1 is 1.33 bits per heavy atom. The van der Waals surface area contributed by atoms with Gasteiger partial charge in [0.2, 0.25) is 0 Å². The highest BCUT2D eigenvalue weighted by Gasteiger charge is 2.60. The van der Waals surface area contributed by atoms with Gasteiger partial charge in [-0.2, -0.15) is 0 Å². The van der Waals surface area contributed by atoms with Gasteiger partial charge in [-0.05, 0) is 55.3 Å². The summed E-state index contributed by atoms with van der Waals surface area (Å²) in [5.41, 5.74) is 2.39. The molecule has 2 aliphatic rings.